The molecule has 0 amide bonds. The Balaban J connectivity index is 2.25. The molecule has 0 aliphatic carbocycles. The largest absolute Gasteiger partial charge is 0.491 e. The van der Waals surface area contributed by atoms with Crippen LogP contribution in [0.2, 0.25) is 0 Å². The fraction of sp³-hybridized carbons (Fsp3) is 0.333. The standard InChI is InChI=1S/C15H20N2O3/c1-11-9-12(10-20-11)15(17-16)13-5-3-4-6-14(13)19-8-7-18-2/h3-6,9-10,15,17H,7-8,16H2,1-2H3. The van der Waals surface area contributed by atoms with Crippen LogP contribution in [0.3, 0.4) is 0 Å². The first-order chi connectivity index (χ1) is 9.76. The average Bonchev–Trinajstić information content (AvgIpc) is 2.88. The van der Waals surface area contributed by atoms with Crippen molar-refractivity contribution in [1.29, 1.82) is 0 Å². The molecule has 1 aromatic carbocycles. The van der Waals surface area contributed by atoms with Crippen LogP contribution in [0, 0.1) is 6.92 Å². The minimum atomic E-state index is -0.175. The second-order valence-corrected chi connectivity index (χ2v) is 4.47. The lowest BCUT2D eigenvalue weighted by Gasteiger charge is -2.18. The molecule has 2 aromatic rings. The molecule has 20 heavy (non-hydrogen) atoms. The third-order valence-electron chi connectivity index (χ3n) is 3.03. The molecule has 1 aromatic heterocycles. The van der Waals surface area contributed by atoms with Gasteiger partial charge in [0.2, 0.25) is 0 Å². The van der Waals surface area contributed by atoms with Crippen molar-refractivity contribution in [3.63, 3.8) is 0 Å². The molecule has 2 rings (SSSR count). The van der Waals surface area contributed by atoms with E-state index in [0.717, 1.165) is 22.6 Å². The zero-order chi connectivity index (χ0) is 14.4. The predicted molar refractivity (Wildman–Crippen MR) is 76.4 cm³/mol. The van der Waals surface area contributed by atoms with Crippen LogP contribution in [0.15, 0.2) is 41.0 Å². The first-order valence-corrected chi connectivity index (χ1v) is 6.48. The summed E-state index contributed by atoms with van der Waals surface area (Å²) in [4.78, 5) is 0. The first-order valence-electron chi connectivity index (χ1n) is 6.48. The maximum absolute atomic E-state index is 5.74. The van der Waals surface area contributed by atoms with Crippen LogP contribution in [-0.4, -0.2) is 20.3 Å². The smallest absolute Gasteiger partial charge is 0.124 e. The minimum Gasteiger partial charge on any atom is -0.491 e. The number of hydrazine groups is 1. The molecule has 5 heteroatoms. The van der Waals surface area contributed by atoms with Crippen molar-refractivity contribution in [3.05, 3.63) is 53.5 Å². The number of methoxy groups -OCH3 is 1. The highest BCUT2D eigenvalue weighted by Crippen LogP contribution is 2.30. The van der Waals surface area contributed by atoms with Gasteiger partial charge in [0.25, 0.3) is 0 Å². The molecule has 0 spiro atoms. The topological polar surface area (TPSA) is 69.7 Å². The number of aryl methyl sites for hydroxylation is 1. The van der Waals surface area contributed by atoms with Crippen molar-refractivity contribution >= 4 is 0 Å². The van der Waals surface area contributed by atoms with Crippen LogP contribution in [0.25, 0.3) is 0 Å². The van der Waals surface area contributed by atoms with E-state index in [-0.39, 0.29) is 6.04 Å². The summed E-state index contributed by atoms with van der Waals surface area (Å²) < 4.78 is 16.1. The van der Waals surface area contributed by atoms with E-state index in [1.807, 2.05) is 37.3 Å². The van der Waals surface area contributed by atoms with Gasteiger partial charge in [-0.3, -0.25) is 5.84 Å². The van der Waals surface area contributed by atoms with Gasteiger partial charge in [-0.1, -0.05) is 18.2 Å². The fourth-order valence-corrected chi connectivity index (χ4v) is 2.07. The first kappa shape index (κ1) is 14.6. The maximum atomic E-state index is 5.74. The summed E-state index contributed by atoms with van der Waals surface area (Å²) in [5.74, 6) is 7.33. The van der Waals surface area contributed by atoms with Gasteiger partial charge in [-0.25, -0.2) is 5.43 Å². The van der Waals surface area contributed by atoms with Crippen molar-refractivity contribution in [2.24, 2.45) is 5.84 Å². The molecule has 1 heterocycles. The molecule has 108 valence electrons. The van der Waals surface area contributed by atoms with Gasteiger partial charge < -0.3 is 13.9 Å². The molecule has 0 saturated carbocycles. The molecule has 0 fully saturated rings. The molecule has 5 nitrogen and oxygen atoms in total. The lowest BCUT2D eigenvalue weighted by atomic mass is 10.0. The second-order valence-electron chi connectivity index (χ2n) is 4.47. The zero-order valence-corrected chi connectivity index (χ0v) is 11.8. The zero-order valence-electron chi connectivity index (χ0n) is 11.8. The van der Waals surface area contributed by atoms with Crippen molar-refractivity contribution in [2.45, 2.75) is 13.0 Å². The molecule has 1 unspecified atom stereocenters. The predicted octanol–water partition coefficient (Wildman–Crippen LogP) is 2.17. The second kappa shape index (κ2) is 7.09. The molecule has 0 aliphatic rings. The van der Waals surface area contributed by atoms with Crippen LogP contribution < -0.4 is 16.0 Å². The summed E-state index contributed by atoms with van der Waals surface area (Å²) in [5, 5.41) is 0. The van der Waals surface area contributed by atoms with Gasteiger partial charge in [0, 0.05) is 18.2 Å². The number of para-hydroxylation sites is 1. The number of furan rings is 1. The number of nitrogens with two attached hydrogens (primary N) is 1. The molecule has 0 bridgehead atoms. The van der Waals surface area contributed by atoms with Gasteiger partial charge in [0.05, 0.1) is 18.9 Å². The molecular weight excluding hydrogens is 256 g/mol. The van der Waals surface area contributed by atoms with E-state index in [0.29, 0.717) is 13.2 Å². The van der Waals surface area contributed by atoms with Gasteiger partial charge in [-0.2, -0.15) is 0 Å². The van der Waals surface area contributed by atoms with Crippen LogP contribution in [0.4, 0.5) is 0 Å². The third kappa shape index (κ3) is 3.39. The summed E-state index contributed by atoms with van der Waals surface area (Å²) in [7, 11) is 1.65. The molecule has 0 saturated heterocycles. The average molecular weight is 276 g/mol. The number of ether oxygens (including phenoxy) is 2. The van der Waals surface area contributed by atoms with Crippen LogP contribution in [-0.2, 0) is 4.74 Å². The normalized spacial score (nSPS) is 12.3. The Morgan fingerprint density at radius 2 is 2.10 bits per heavy atom. The summed E-state index contributed by atoms with van der Waals surface area (Å²) in [6.07, 6.45) is 1.70. The number of hydrogen-bond donors (Lipinski definition) is 2. The summed E-state index contributed by atoms with van der Waals surface area (Å²) in [6.45, 7) is 2.94. The molecule has 1 atom stereocenters. The van der Waals surface area contributed by atoms with Crippen LogP contribution >= 0.6 is 0 Å². The summed E-state index contributed by atoms with van der Waals surface area (Å²) in [5.41, 5.74) is 4.74. The summed E-state index contributed by atoms with van der Waals surface area (Å²) >= 11 is 0. The van der Waals surface area contributed by atoms with E-state index in [1.54, 1.807) is 13.4 Å². The molecular formula is C15H20N2O3. The highest BCUT2D eigenvalue weighted by molar-refractivity contribution is 5.41. The minimum absolute atomic E-state index is 0.175. The van der Waals surface area contributed by atoms with Crippen LogP contribution in [0.1, 0.15) is 22.9 Å². The Bertz CT molecular complexity index is 539. The van der Waals surface area contributed by atoms with Crippen molar-refractivity contribution in [2.75, 3.05) is 20.3 Å². The Hall–Kier alpha value is -1.82. The monoisotopic (exact) mass is 276 g/mol. The van der Waals surface area contributed by atoms with Gasteiger partial charge in [0.1, 0.15) is 18.1 Å². The molecule has 0 aliphatic heterocycles. The van der Waals surface area contributed by atoms with Gasteiger partial charge in [0.15, 0.2) is 0 Å². The highest BCUT2D eigenvalue weighted by Gasteiger charge is 2.18. The van der Waals surface area contributed by atoms with Gasteiger partial charge in [-0.05, 0) is 19.1 Å². The van der Waals surface area contributed by atoms with E-state index in [1.165, 1.54) is 0 Å². The quantitative estimate of drug-likeness (QED) is 0.461. The molecule has 3 N–H and O–H groups in total. The van der Waals surface area contributed by atoms with Gasteiger partial charge >= 0.3 is 0 Å². The SMILES string of the molecule is COCCOc1ccccc1C(NN)c1coc(C)c1. The Kier molecular flexibility index (Phi) is 5.17. The lowest BCUT2D eigenvalue weighted by Crippen LogP contribution is -2.29. The Morgan fingerprint density at radius 3 is 2.75 bits per heavy atom. The van der Waals surface area contributed by atoms with Gasteiger partial charge in [-0.15, -0.1) is 0 Å². The third-order valence-corrected chi connectivity index (χ3v) is 3.03. The van der Waals surface area contributed by atoms with E-state index in [4.69, 9.17) is 19.7 Å². The van der Waals surface area contributed by atoms with Crippen molar-refractivity contribution in [1.82, 2.24) is 5.43 Å². The number of rotatable bonds is 7. The fourth-order valence-electron chi connectivity index (χ4n) is 2.07. The molecule has 0 radical (unpaired) electrons. The number of benzene rings is 1. The van der Waals surface area contributed by atoms with E-state index in [9.17, 15) is 0 Å². The van der Waals surface area contributed by atoms with E-state index >= 15 is 0 Å². The maximum Gasteiger partial charge on any atom is 0.124 e. The van der Waals surface area contributed by atoms with Crippen LogP contribution in [0.5, 0.6) is 5.75 Å². The number of nitrogens with one attached hydrogen (secondary N) is 1. The highest BCUT2D eigenvalue weighted by atomic mass is 16.5. The van der Waals surface area contributed by atoms with Crippen molar-refractivity contribution < 1.29 is 13.9 Å². The number of hydrogen-bond acceptors (Lipinski definition) is 5. The Labute approximate surface area is 118 Å². The van der Waals surface area contributed by atoms with Crippen molar-refractivity contribution in [3.8, 4) is 5.75 Å². The van der Waals surface area contributed by atoms with E-state index in [2.05, 4.69) is 5.43 Å². The van der Waals surface area contributed by atoms with E-state index < -0.39 is 0 Å². The summed E-state index contributed by atoms with van der Waals surface area (Å²) in [6, 6.07) is 9.56. The Morgan fingerprint density at radius 1 is 1.30 bits per heavy atom. The lowest BCUT2D eigenvalue weighted by molar-refractivity contribution is 0.145.